The first kappa shape index (κ1) is 14.3. The summed E-state index contributed by atoms with van der Waals surface area (Å²) >= 11 is 7.47. The van der Waals surface area contributed by atoms with E-state index in [1.165, 1.54) is 11.8 Å². The summed E-state index contributed by atoms with van der Waals surface area (Å²) in [7, 11) is 0. The van der Waals surface area contributed by atoms with Crippen LogP contribution >= 0.6 is 23.4 Å². The van der Waals surface area contributed by atoms with Crippen LogP contribution in [0.5, 0.6) is 0 Å². The molecule has 0 N–H and O–H groups in total. The molecule has 23 heavy (non-hydrogen) atoms. The fourth-order valence-corrected chi connectivity index (χ4v) is 3.47. The zero-order chi connectivity index (χ0) is 16.0. The topological polar surface area (TPSA) is 73.5 Å². The van der Waals surface area contributed by atoms with Crippen molar-refractivity contribution in [2.24, 2.45) is 0 Å². The highest BCUT2D eigenvalue weighted by molar-refractivity contribution is 7.98. The second kappa shape index (κ2) is 5.43. The van der Waals surface area contributed by atoms with E-state index in [0.29, 0.717) is 27.5 Å². The Morgan fingerprint density at radius 2 is 2.17 bits per heavy atom. The van der Waals surface area contributed by atoms with E-state index in [4.69, 9.17) is 20.4 Å². The normalized spacial score (nSPS) is 11.6. The summed E-state index contributed by atoms with van der Waals surface area (Å²) in [5.74, 6) is 0.697. The molecule has 0 saturated carbocycles. The highest BCUT2D eigenvalue weighted by Crippen LogP contribution is 2.28. The number of nitrogens with zero attached hydrogens (tertiary/aromatic N) is 3. The number of aryl methyl sites for hydroxylation is 1. The number of halogens is 1. The summed E-state index contributed by atoms with van der Waals surface area (Å²) < 4.78 is 11.6. The van der Waals surface area contributed by atoms with Gasteiger partial charge in [-0.05, 0) is 31.2 Å². The SMILES string of the molecule is Cc1oc(=O)oc1CSc1nc2cc(Cl)ccc2c2ccnn12. The summed E-state index contributed by atoms with van der Waals surface area (Å²) in [5.41, 5.74) is 1.73. The molecule has 0 radical (unpaired) electrons. The maximum absolute atomic E-state index is 11.1. The maximum atomic E-state index is 11.1. The first-order valence-electron chi connectivity index (χ1n) is 6.77. The molecule has 4 rings (SSSR count). The van der Waals surface area contributed by atoms with E-state index >= 15 is 0 Å². The number of aromatic nitrogens is 3. The number of rotatable bonds is 3. The Balaban J connectivity index is 1.80. The van der Waals surface area contributed by atoms with Crippen LogP contribution in [0.4, 0.5) is 0 Å². The molecule has 0 amide bonds. The van der Waals surface area contributed by atoms with Crippen molar-refractivity contribution in [1.82, 2.24) is 14.6 Å². The molecular weight excluding hydrogens is 338 g/mol. The molecule has 1 aromatic carbocycles. The molecule has 8 heteroatoms. The maximum Gasteiger partial charge on any atom is 0.519 e. The average molecular weight is 348 g/mol. The minimum absolute atomic E-state index is 0.422. The molecular formula is C15H10ClN3O3S. The molecule has 116 valence electrons. The fourth-order valence-electron chi connectivity index (χ4n) is 2.35. The average Bonchev–Trinajstić information content (AvgIpc) is 3.11. The third-order valence-corrected chi connectivity index (χ3v) is 4.61. The Morgan fingerprint density at radius 1 is 1.30 bits per heavy atom. The van der Waals surface area contributed by atoms with Crippen molar-refractivity contribution < 1.29 is 8.83 Å². The lowest BCUT2D eigenvalue weighted by Crippen LogP contribution is -1.98. The predicted molar refractivity (Wildman–Crippen MR) is 87.0 cm³/mol. The van der Waals surface area contributed by atoms with Crippen molar-refractivity contribution in [3.8, 4) is 0 Å². The van der Waals surface area contributed by atoms with Crippen LogP contribution in [0, 0.1) is 6.92 Å². The molecule has 0 unspecified atom stereocenters. The number of benzene rings is 1. The van der Waals surface area contributed by atoms with Crippen LogP contribution < -0.4 is 5.82 Å². The molecule has 0 fully saturated rings. The van der Waals surface area contributed by atoms with Crippen molar-refractivity contribution >= 4 is 39.8 Å². The van der Waals surface area contributed by atoms with Gasteiger partial charge in [0.1, 0.15) is 5.76 Å². The summed E-state index contributed by atoms with van der Waals surface area (Å²) in [4.78, 5) is 15.7. The molecule has 0 aliphatic carbocycles. The van der Waals surface area contributed by atoms with Crippen molar-refractivity contribution in [3.05, 3.63) is 57.6 Å². The molecule has 3 aromatic heterocycles. The van der Waals surface area contributed by atoms with Crippen molar-refractivity contribution in [3.63, 3.8) is 0 Å². The molecule has 3 heterocycles. The highest BCUT2D eigenvalue weighted by Gasteiger charge is 2.13. The second-order valence-corrected chi connectivity index (χ2v) is 6.29. The predicted octanol–water partition coefficient (Wildman–Crippen LogP) is 3.68. The standard InChI is InChI=1S/C15H10ClN3O3S/c1-8-13(22-15(20)21-8)7-23-14-18-11-6-9(16)2-3-10(11)12-4-5-17-19(12)14/h2-6H,7H2,1H3. The molecule has 0 saturated heterocycles. The van der Waals surface area contributed by atoms with E-state index in [-0.39, 0.29) is 0 Å². The van der Waals surface area contributed by atoms with Gasteiger partial charge in [-0.1, -0.05) is 23.4 Å². The lowest BCUT2D eigenvalue weighted by molar-refractivity contribution is 0.372. The van der Waals surface area contributed by atoms with Crippen LogP contribution in [-0.2, 0) is 5.75 Å². The second-order valence-electron chi connectivity index (χ2n) is 4.91. The lowest BCUT2D eigenvalue weighted by atomic mass is 10.2. The monoisotopic (exact) mass is 347 g/mol. The van der Waals surface area contributed by atoms with Crippen LogP contribution in [0.2, 0.25) is 5.02 Å². The van der Waals surface area contributed by atoms with Crippen LogP contribution in [-0.4, -0.2) is 14.6 Å². The van der Waals surface area contributed by atoms with Gasteiger partial charge in [0.05, 0.1) is 23.0 Å². The number of fused-ring (bicyclic) bond motifs is 3. The van der Waals surface area contributed by atoms with Gasteiger partial charge in [0.15, 0.2) is 10.9 Å². The van der Waals surface area contributed by atoms with Gasteiger partial charge >= 0.3 is 5.82 Å². The van der Waals surface area contributed by atoms with Gasteiger partial charge in [0.2, 0.25) is 0 Å². The molecule has 4 aromatic rings. The van der Waals surface area contributed by atoms with Crippen molar-refractivity contribution in [1.29, 1.82) is 0 Å². The van der Waals surface area contributed by atoms with E-state index < -0.39 is 5.82 Å². The van der Waals surface area contributed by atoms with Gasteiger partial charge in [-0.15, -0.1) is 0 Å². The Morgan fingerprint density at radius 3 is 2.96 bits per heavy atom. The lowest BCUT2D eigenvalue weighted by Gasteiger charge is -2.06. The molecule has 0 bridgehead atoms. The van der Waals surface area contributed by atoms with Crippen molar-refractivity contribution in [2.45, 2.75) is 17.8 Å². The van der Waals surface area contributed by atoms with Crippen LogP contribution in [0.1, 0.15) is 11.5 Å². The van der Waals surface area contributed by atoms with Crippen LogP contribution in [0.3, 0.4) is 0 Å². The Labute approximate surface area is 139 Å². The summed E-state index contributed by atoms with van der Waals surface area (Å²) in [6.45, 7) is 1.69. The first-order valence-corrected chi connectivity index (χ1v) is 8.13. The highest BCUT2D eigenvalue weighted by atomic mass is 35.5. The quantitative estimate of drug-likeness (QED) is 0.415. The number of hydrogen-bond acceptors (Lipinski definition) is 6. The Bertz CT molecular complexity index is 1080. The van der Waals surface area contributed by atoms with E-state index in [1.54, 1.807) is 17.6 Å². The Kier molecular flexibility index (Phi) is 3.39. The third-order valence-electron chi connectivity index (χ3n) is 3.44. The Hall–Kier alpha value is -2.25. The van der Waals surface area contributed by atoms with Gasteiger partial charge in [-0.3, -0.25) is 0 Å². The minimum Gasteiger partial charge on any atom is -0.396 e. The number of thioether (sulfide) groups is 1. The van der Waals surface area contributed by atoms with Gasteiger partial charge < -0.3 is 8.83 Å². The fraction of sp³-hybridized carbons (Fsp3) is 0.133. The molecule has 0 aliphatic heterocycles. The van der Waals surface area contributed by atoms with Gasteiger partial charge in [-0.2, -0.15) is 5.10 Å². The van der Waals surface area contributed by atoms with E-state index in [0.717, 1.165) is 16.4 Å². The largest absolute Gasteiger partial charge is 0.519 e. The molecule has 0 aliphatic rings. The van der Waals surface area contributed by atoms with Gasteiger partial charge in [-0.25, -0.2) is 14.3 Å². The third kappa shape index (κ3) is 2.51. The van der Waals surface area contributed by atoms with Gasteiger partial charge in [0.25, 0.3) is 0 Å². The van der Waals surface area contributed by atoms with Crippen LogP contribution in [0.25, 0.3) is 16.4 Å². The zero-order valence-corrected chi connectivity index (χ0v) is 13.5. The van der Waals surface area contributed by atoms with Gasteiger partial charge in [0, 0.05) is 10.4 Å². The first-order chi connectivity index (χ1) is 11.1. The number of hydrogen-bond donors (Lipinski definition) is 0. The molecule has 0 atom stereocenters. The summed E-state index contributed by atoms with van der Waals surface area (Å²) in [6, 6.07) is 7.49. The van der Waals surface area contributed by atoms with E-state index in [2.05, 4.69) is 10.1 Å². The molecule has 0 spiro atoms. The van der Waals surface area contributed by atoms with Crippen LogP contribution in [0.15, 0.2) is 49.2 Å². The summed E-state index contributed by atoms with van der Waals surface area (Å²) in [5, 5.41) is 6.60. The van der Waals surface area contributed by atoms with E-state index in [1.807, 2.05) is 24.3 Å². The zero-order valence-electron chi connectivity index (χ0n) is 11.9. The van der Waals surface area contributed by atoms with Crippen molar-refractivity contribution in [2.75, 3.05) is 0 Å². The molecule has 6 nitrogen and oxygen atoms in total. The van der Waals surface area contributed by atoms with E-state index in [9.17, 15) is 4.79 Å². The smallest absolute Gasteiger partial charge is 0.396 e. The minimum atomic E-state index is -0.694. The summed E-state index contributed by atoms with van der Waals surface area (Å²) in [6.07, 6.45) is 1.72.